The van der Waals surface area contributed by atoms with Gasteiger partial charge in [0, 0.05) is 18.6 Å². The van der Waals surface area contributed by atoms with E-state index >= 15 is 0 Å². The molecule has 0 fully saturated rings. The van der Waals surface area contributed by atoms with Gasteiger partial charge >= 0.3 is 5.97 Å². The van der Waals surface area contributed by atoms with Crippen LogP contribution in [0.4, 0.5) is 5.69 Å². The number of fused-ring (bicyclic) bond motifs is 1. The highest BCUT2D eigenvalue weighted by molar-refractivity contribution is 5.85. The first-order valence-corrected chi connectivity index (χ1v) is 7.44. The summed E-state index contributed by atoms with van der Waals surface area (Å²) in [5.41, 5.74) is 6.61. The van der Waals surface area contributed by atoms with E-state index < -0.39 is 16.4 Å². The van der Waals surface area contributed by atoms with Gasteiger partial charge in [-0.25, -0.2) is 0 Å². The number of aliphatic carboxylic acids is 1. The number of carbonyl (C=O) groups is 1. The molecule has 0 radical (unpaired) electrons. The summed E-state index contributed by atoms with van der Waals surface area (Å²) in [6, 6.07) is 11.2. The van der Waals surface area contributed by atoms with E-state index in [1.807, 2.05) is 6.07 Å². The van der Waals surface area contributed by atoms with E-state index in [1.165, 1.54) is 24.3 Å². The van der Waals surface area contributed by atoms with Gasteiger partial charge in [-0.15, -0.1) is 12.4 Å². The molecule has 0 spiro atoms. The summed E-state index contributed by atoms with van der Waals surface area (Å²) in [5.74, 6) is 0.000637. The Hall–Kier alpha value is -2.64. The second-order valence-electron chi connectivity index (χ2n) is 5.92. The highest BCUT2D eigenvalue weighted by atomic mass is 35.5. The molecule has 0 amide bonds. The van der Waals surface area contributed by atoms with E-state index in [0.717, 1.165) is 11.1 Å². The van der Waals surface area contributed by atoms with Gasteiger partial charge in [0.2, 0.25) is 0 Å². The number of carboxylic acid groups (broad SMARTS) is 1. The van der Waals surface area contributed by atoms with Crippen LogP contribution >= 0.6 is 12.4 Å². The predicted octanol–water partition coefficient (Wildman–Crippen LogP) is 3.08. The first kappa shape index (κ1) is 18.7. The van der Waals surface area contributed by atoms with Crippen molar-refractivity contribution in [1.29, 1.82) is 0 Å². The summed E-state index contributed by atoms with van der Waals surface area (Å²) in [7, 11) is 0. The molecule has 132 valence electrons. The van der Waals surface area contributed by atoms with Crippen LogP contribution in [0.25, 0.3) is 0 Å². The number of nitro benzene ring substituents is 1. The lowest BCUT2D eigenvalue weighted by Gasteiger charge is -2.30. The van der Waals surface area contributed by atoms with E-state index in [0.29, 0.717) is 24.3 Å². The fraction of sp³-hybridized carbons (Fsp3) is 0.235. The van der Waals surface area contributed by atoms with Crippen LogP contribution in [0.3, 0.4) is 0 Å². The van der Waals surface area contributed by atoms with E-state index in [-0.39, 0.29) is 24.5 Å². The third kappa shape index (κ3) is 3.89. The molecular weight excluding hydrogens is 348 g/mol. The predicted molar refractivity (Wildman–Crippen MR) is 93.4 cm³/mol. The van der Waals surface area contributed by atoms with Crippen LogP contribution in [0.15, 0.2) is 42.5 Å². The van der Waals surface area contributed by atoms with Crippen LogP contribution in [0.2, 0.25) is 0 Å². The van der Waals surface area contributed by atoms with Crippen LogP contribution in [-0.4, -0.2) is 21.5 Å². The van der Waals surface area contributed by atoms with Crippen LogP contribution < -0.4 is 10.5 Å². The molecule has 0 aliphatic heterocycles. The molecule has 2 aromatic rings. The fourth-order valence-corrected chi connectivity index (χ4v) is 2.81. The Balaban J connectivity index is 0.00000225. The minimum atomic E-state index is -1.25. The molecule has 0 saturated carbocycles. The van der Waals surface area contributed by atoms with Crippen molar-refractivity contribution in [1.82, 2.24) is 0 Å². The van der Waals surface area contributed by atoms with Crippen molar-refractivity contribution in [2.75, 3.05) is 0 Å². The van der Waals surface area contributed by atoms with Crippen molar-refractivity contribution < 1.29 is 19.6 Å². The Kier molecular flexibility index (Phi) is 5.30. The van der Waals surface area contributed by atoms with Crippen LogP contribution in [-0.2, 0) is 17.6 Å². The zero-order valence-electron chi connectivity index (χ0n) is 13.2. The number of halogens is 1. The standard InChI is InChI=1S/C17H16N2O5.ClH/c18-17(16(20)21)8-7-11-1-4-15(9-12(11)10-17)24-14-5-2-13(3-6-14)19(22)23;/h1-6,9H,7-8,10,18H2,(H,20,21);1H. The monoisotopic (exact) mass is 364 g/mol. The fourth-order valence-electron chi connectivity index (χ4n) is 2.81. The first-order chi connectivity index (χ1) is 11.4. The maximum absolute atomic E-state index is 11.3. The van der Waals surface area contributed by atoms with Gasteiger partial charge in [-0.05, 0) is 48.2 Å². The lowest BCUT2D eigenvalue weighted by atomic mass is 9.78. The summed E-state index contributed by atoms with van der Waals surface area (Å²) in [4.78, 5) is 21.5. The normalized spacial score (nSPS) is 18.6. The molecular formula is C17H17ClN2O5. The molecule has 0 aromatic heterocycles. The van der Waals surface area contributed by atoms with E-state index in [2.05, 4.69) is 0 Å². The number of rotatable bonds is 4. The zero-order chi connectivity index (χ0) is 17.3. The van der Waals surface area contributed by atoms with Crippen molar-refractivity contribution in [3.05, 3.63) is 63.7 Å². The third-order valence-electron chi connectivity index (χ3n) is 4.23. The van der Waals surface area contributed by atoms with E-state index in [4.69, 9.17) is 10.5 Å². The maximum Gasteiger partial charge on any atom is 0.324 e. The van der Waals surface area contributed by atoms with Gasteiger partial charge < -0.3 is 15.6 Å². The molecule has 1 aliphatic rings. The number of benzene rings is 2. The quantitative estimate of drug-likeness (QED) is 0.636. The van der Waals surface area contributed by atoms with Gasteiger partial charge in [0.15, 0.2) is 0 Å². The molecule has 0 saturated heterocycles. The Morgan fingerprint density at radius 1 is 1.16 bits per heavy atom. The number of aryl methyl sites for hydroxylation is 1. The van der Waals surface area contributed by atoms with Gasteiger partial charge in [0.05, 0.1) is 4.92 Å². The summed E-state index contributed by atoms with van der Waals surface area (Å²) in [5, 5.41) is 19.9. The second-order valence-corrected chi connectivity index (χ2v) is 5.92. The van der Waals surface area contributed by atoms with Gasteiger partial charge in [0.25, 0.3) is 5.69 Å². The summed E-state index contributed by atoms with van der Waals surface area (Å²) in [6.07, 6.45) is 1.25. The van der Waals surface area contributed by atoms with Crippen LogP contribution in [0.5, 0.6) is 11.5 Å². The molecule has 8 heteroatoms. The lowest BCUT2D eigenvalue weighted by molar-refractivity contribution is -0.384. The topological polar surface area (TPSA) is 116 Å². The van der Waals surface area contributed by atoms with Crippen molar-refractivity contribution >= 4 is 24.1 Å². The minimum Gasteiger partial charge on any atom is -0.480 e. The molecule has 3 N–H and O–H groups in total. The molecule has 0 bridgehead atoms. The number of nitro groups is 1. The largest absolute Gasteiger partial charge is 0.480 e. The smallest absolute Gasteiger partial charge is 0.324 e. The molecule has 0 heterocycles. The highest BCUT2D eigenvalue weighted by Crippen LogP contribution is 2.32. The number of nitrogens with two attached hydrogens (primary N) is 1. The van der Waals surface area contributed by atoms with Gasteiger partial charge in [-0.1, -0.05) is 6.07 Å². The molecule has 3 rings (SSSR count). The maximum atomic E-state index is 11.3. The van der Waals surface area contributed by atoms with E-state index in [9.17, 15) is 20.0 Å². The van der Waals surface area contributed by atoms with Gasteiger partial charge in [0.1, 0.15) is 17.0 Å². The Labute approximate surface area is 150 Å². The van der Waals surface area contributed by atoms with Gasteiger partial charge in [-0.2, -0.15) is 0 Å². The summed E-state index contributed by atoms with van der Waals surface area (Å²) >= 11 is 0. The van der Waals surface area contributed by atoms with Crippen molar-refractivity contribution in [2.45, 2.75) is 24.8 Å². The summed E-state index contributed by atoms with van der Waals surface area (Å²) in [6.45, 7) is 0. The van der Waals surface area contributed by atoms with Crippen LogP contribution in [0.1, 0.15) is 17.5 Å². The second kappa shape index (κ2) is 7.08. The Bertz CT molecular complexity index is 809. The number of non-ortho nitro benzene ring substituents is 1. The molecule has 2 aromatic carbocycles. The SMILES string of the molecule is Cl.NC1(C(=O)O)CCc2ccc(Oc3ccc([N+](=O)[O-])cc3)cc2C1. The minimum absolute atomic E-state index is 0. The average Bonchev–Trinajstić information content (AvgIpc) is 2.55. The first-order valence-electron chi connectivity index (χ1n) is 7.44. The van der Waals surface area contributed by atoms with Crippen molar-refractivity contribution in [2.24, 2.45) is 5.73 Å². The van der Waals surface area contributed by atoms with Gasteiger partial charge in [-0.3, -0.25) is 14.9 Å². The lowest BCUT2D eigenvalue weighted by Crippen LogP contribution is -2.52. The van der Waals surface area contributed by atoms with Crippen molar-refractivity contribution in [3.63, 3.8) is 0 Å². The molecule has 7 nitrogen and oxygen atoms in total. The zero-order valence-corrected chi connectivity index (χ0v) is 14.0. The number of nitrogens with zero attached hydrogens (tertiary/aromatic N) is 1. The average molecular weight is 365 g/mol. The molecule has 25 heavy (non-hydrogen) atoms. The summed E-state index contributed by atoms with van der Waals surface area (Å²) < 4.78 is 5.70. The number of hydrogen-bond acceptors (Lipinski definition) is 5. The molecule has 1 unspecified atom stereocenters. The number of ether oxygens (including phenoxy) is 1. The van der Waals surface area contributed by atoms with E-state index in [1.54, 1.807) is 12.1 Å². The third-order valence-corrected chi connectivity index (χ3v) is 4.23. The number of hydrogen-bond donors (Lipinski definition) is 2. The van der Waals surface area contributed by atoms with Crippen molar-refractivity contribution in [3.8, 4) is 11.5 Å². The Morgan fingerprint density at radius 2 is 1.80 bits per heavy atom. The molecule has 1 aliphatic carbocycles. The van der Waals surface area contributed by atoms with Crippen LogP contribution in [0, 0.1) is 10.1 Å². The Morgan fingerprint density at radius 3 is 2.40 bits per heavy atom. The number of carboxylic acids is 1. The highest BCUT2D eigenvalue weighted by Gasteiger charge is 2.37. The molecule has 1 atom stereocenters.